The Kier molecular flexibility index (Phi) is 3.51. The van der Waals surface area contributed by atoms with Crippen molar-refractivity contribution in [2.75, 3.05) is 30.8 Å². The van der Waals surface area contributed by atoms with E-state index in [0.717, 1.165) is 49.2 Å². The van der Waals surface area contributed by atoms with Gasteiger partial charge in [-0.1, -0.05) is 18.2 Å². The summed E-state index contributed by atoms with van der Waals surface area (Å²) < 4.78 is 5.38. The van der Waals surface area contributed by atoms with E-state index in [0.29, 0.717) is 11.6 Å². The van der Waals surface area contributed by atoms with Crippen LogP contribution in [0.3, 0.4) is 0 Å². The highest BCUT2D eigenvalue weighted by Gasteiger charge is 2.14. The van der Waals surface area contributed by atoms with Gasteiger partial charge in [-0.15, -0.1) is 0 Å². The molecule has 1 aromatic carbocycles. The standard InChI is InChI=1S/C15H19N3O/c16-13-10-17-14-4-2-1-3-12(14)15(13)18-9-11-5-7-19-8-6-11/h1-4,10-11H,5-9,16H2,(H,17,18). The van der Waals surface area contributed by atoms with E-state index in [4.69, 9.17) is 10.5 Å². The number of fused-ring (bicyclic) bond motifs is 1. The van der Waals surface area contributed by atoms with Crippen molar-refractivity contribution >= 4 is 22.3 Å². The fraction of sp³-hybridized carbons (Fsp3) is 0.400. The number of benzene rings is 1. The number of nitrogen functional groups attached to an aromatic ring is 1. The Labute approximate surface area is 113 Å². The van der Waals surface area contributed by atoms with Gasteiger partial charge in [-0.3, -0.25) is 4.98 Å². The highest BCUT2D eigenvalue weighted by atomic mass is 16.5. The first-order valence-electron chi connectivity index (χ1n) is 6.79. The maximum absolute atomic E-state index is 6.05. The number of hydrogen-bond donors (Lipinski definition) is 2. The van der Waals surface area contributed by atoms with E-state index in [1.807, 2.05) is 18.2 Å². The maximum Gasteiger partial charge on any atom is 0.0743 e. The lowest BCUT2D eigenvalue weighted by Gasteiger charge is -2.23. The van der Waals surface area contributed by atoms with E-state index < -0.39 is 0 Å². The molecular weight excluding hydrogens is 238 g/mol. The van der Waals surface area contributed by atoms with Gasteiger partial charge in [-0.05, 0) is 24.8 Å². The SMILES string of the molecule is Nc1cnc2ccccc2c1NCC1CCOCC1. The number of anilines is 2. The zero-order valence-corrected chi connectivity index (χ0v) is 10.9. The quantitative estimate of drug-likeness (QED) is 0.887. The second kappa shape index (κ2) is 5.45. The smallest absolute Gasteiger partial charge is 0.0743 e. The van der Waals surface area contributed by atoms with Crippen LogP contribution in [0.15, 0.2) is 30.5 Å². The maximum atomic E-state index is 6.05. The summed E-state index contributed by atoms with van der Waals surface area (Å²) in [6, 6.07) is 8.08. The lowest BCUT2D eigenvalue weighted by atomic mass is 10.00. The normalized spacial score (nSPS) is 16.6. The Hall–Kier alpha value is -1.81. The van der Waals surface area contributed by atoms with Crippen LogP contribution in [-0.2, 0) is 4.74 Å². The molecule has 1 aliphatic heterocycles. The van der Waals surface area contributed by atoms with Crippen molar-refractivity contribution in [3.8, 4) is 0 Å². The molecule has 4 heteroatoms. The van der Waals surface area contributed by atoms with Gasteiger partial charge in [0.25, 0.3) is 0 Å². The summed E-state index contributed by atoms with van der Waals surface area (Å²) in [5, 5.41) is 4.60. The van der Waals surface area contributed by atoms with Crippen LogP contribution < -0.4 is 11.1 Å². The number of pyridine rings is 1. The molecule has 19 heavy (non-hydrogen) atoms. The van der Waals surface area contributed by atoms with Crippen molar-refractivity contribution in [2.45, 2.75) is 12.8 Å². The summed E-state index contributed by atoms with van der Waals surface area (Å²) >= 11 is 0. The predicted molar refractivity (Wildman–Crippen MR) is 78.2 cm³/mol. The van der Waals surface area contributed by atoms with Gasteiger partial charge in [0.2, 0.25) is 0 Å². The molecular formula is C15H19N3O. The van der Waals surface area contributed by atoms with Gasteiger partial charge >= 0.3 is 0 Å². The molecule has 3 rings (SSSR count). The number of para-hydroxylation sites is 1. The number of aromatic nitrogens is 1. The highest BCUT2D eigenvalue weighted by Crippen LogP contribution is 2.28. The molecule has 0 spiro atoms. The van der Waals surface area contributed by atoms with E-state index in [2.05, 4.69) is 16.4 Å². The third-order valence-electron chi connectivity index (χ3n) is 3.71. The summed E-state index contributed by atoms with van der Waals surface area (Å²) in [7, 11) is 0. The molecule has 2 heterocycles. The molecule has 3 N–H and O–H groups in total. The zero-order chi connectivity index (χ0) is 13.1. The van der Waals surface area contributed by atoms with Gasteiger partial charge in [0.1, 0.15) is 0 Å². The van der Waals surface area contributed by atoms with E-state index in [1.54, 1.807) is 6.20 Å². The number of ether oxygens (including phenoxy) is 1. The summed E-state index contributed by atoms with van der Waals surface area (Å²) in [6.45, 7) is 2.69. The molecule has 4 nitrogen and oxygen atoms in total. The van der Waals surface area contributed by atoms with Crippen LogP contribution in [0.2, 0.25) is 0 Å². The number of hydrogen-bond acceptors (Lipinski definition) is 4. The Morgan fingerprint density at radius 1 is 1.26 bits per heavy atom. The molecule has 1 fully saturated rings. The van der Waals surface area contributed by atoms with E-state index in [-0.39, 0.29) is 0 Å². The molecule has 100 valence electrons. The van der Waals surface area contributed by atoms with Crippen LogP contribution >= 0.6 is 0 Å². The number of nitrogens with zero attached hydrogens (tertiary/aromatic N) is 1. The molecule has 0 atom stereocenters. The summed E-state index contributed by atoms with van der Waals surface area (Å²) in [5.74, 6) is 0.667. The van der Waals surface area contributed by atoms with Gasteiger partial charge in [-0.2, -0.15) is 0 Å². The first-order chi connectivity index (χ1) is 9.34. The third kappa shape index (κ3) is 2.63. The molecule has 1 saturated heterocycles. The molecule has 0 aliphatic carbocycles. The third-order valence-corrected chi connectivity index (χ3v) is 3.71. The van der Waals surface area contributed by atoms with Gasteiger partial charge < -0.3 is 15.8 Å². The van der Waals surface area contributed by atoms with Gasteiger partial charge in [-0.25, -0.2) is 0 Å². The molecule has 0 unspecified atom stereocenters. The average molecular weight is 257 g/mol. The molecule has 0 radical (unpaired) electrons. The van der Waals surface area contributed by atoms with Gasteiger partial charge in [0, 0.05) is 25.1 Å². The Bertz CT molecular complexity index is 564. The average Bonchev–Trinajstić information content (AvgIpc) is 2.47. The summed E-state index contributed by atoms with van der Waals surface area (Å²) in [4.78, 5) is 4.35. The lowest BCUT2D eigenvalue weighted by Crippen LogP contribution is -2.23. The van der Waals surface area contributed by atoms with Crippen molar-refractivity contribution in [1.82, 2.24) is 4.98 Å². The molecule has 0 bridgehead atoms. The zero-order valence-electron chi connectivity index (χ0n) is 10.9. The fourth-order valence-electron chi connectivity index (χ4n) is 2.55. The van der Waals surface area contributed by atoms with Crippen molar-refractivity contribution in [1.29, 1.82) is 0 Å². The van der Waals surface area contributed by atoms with Gasteiger partial charge in [0.15, 0.2) is 0 Å². The first kappa shape index (κ1) is 12.2. The molecule has 1 aliphatic rings. The lowest BCUT2D eigenvalue weighted by molar-refractivity contribution is 0.0699. The van der Waals surface area contributed by atoms with E-state index in [1.165, 1.54) is 0 Å². The number of rotatable bonds is 3. The van der Waals surface area contributed by atoms with Crippen LogP contribution in [-0.4, -0.2) is 24.7 Å². The monoisotopic (exact) mass is 257 g/mol. The minimum absolute atomic E-state index is 0.667. The number of nitrogens with one attached hydrogen (secondary N) is 1. The Balaban J connectivity index is 1.81. The minimum Gasteiger partial charge on any atom is -0.396 e. The first-order valence-corrected chi connectivity index (χ1v) is 6.79. The molecule has 0 amide bonds. The van der Waals surface area contributed by atoms with Crippen molar-refractivity contribution < 1.29 is 4.74 Å². The predicted octanol–water partition coefficient (Wildman–Crippen LogP) is 2.66. The molecule has 2 aromatic rings. The topological polar surface area (TPSA) is 60.2 Å². The summed E-state index contributed by atoms with van der Waals surface area (Å²) in [5.41, 5.74) is 8.76. The van der Waals surface area contributed by atoms with Crippen molar-refractivity contribution in [2.24, 2.45) is 5.92 Å². The van der Waals surface area contributed by atoms with Crippen LogP contribution in [0.25, 0.3) is 10.9 Å². The molecule has 1 aromatic heterocycles. The fourth-order valence-corrected chi connectivity index (χ4v) is 2.55. The minimum atomic E-state index is 0.667. The largest absolute Gasteiger partial charge is 0.396 e. The highest BCUT2D eigenvalue weighted by molar-refractivity contribution is 5.96. The van der Waals surface area contributed by atoms with Crippen LogP contribution in [0.5, 0.6) is 0 Å². The second-order valence-electron chi connectivity index (χ2n) is 5.04. The van der Waals surface area contributed by atoms with Crippen molar-refractivity contribution in [3.63, 3.8) is 0 Å². The second-order valence-corrected chi connectivity index (χ2v) is 5.04. The van der Waals surface area contributed by atoms with Gasteiger partial charge in [0.05, 0.1) is 23.1 Å². The van der Waals surface area contributed by atoms with Crippen molar-refractivity contribution in [3.05, 3.63) is 30.5 Å². The van der Waals surface area contributed by atoms with Crippen LogP contribution in [0, 0.1) is 5.92 Å². The Morgan fingerprint density at radius 3 is 2.89 bits per heavy atom. The van der Waals surface area contributed by atoms with Crippen LogP contribution in [0.4, 0.5) is 11.4 Å². The Morgan fingerprint density at radius 2 is 2.05 bits per heavy atom. The summed E-state index contributed by atoms with van der Waals surface area (Å²) in [6.07, 6.45) is 3.97. The van der Waals surface area contributed by atoms with E-state index in [9.17, 15) is 0 Å². The van der Waals surface area contributed by atoms with E-state index >= 15 is 0 Å². The number of nitrogens with two attached hydrogens (primary N) is 1. The van der Waals surface area contributed by atoms with Crippen LogP contribution in [0.1, 0.15) is 12.8 Å². The molecule has 0 saturated carbocycles.